The van der Waals surface area contributed by atoms with Gasteiger partial charge in [-0.1, -0.05) is 26.7 Å². The van der Waals surface area contributed by atoms with E-state index in [9.17, 15) is 4.79 Å². The highest BCUT2D eigenvalue weighted by atomic mass is 16.1. The molecule has 16 heavy (non-hydrogen) atoms. The Hall–Kier alpha value is -0.570. The number of hydrogen-bond donors (Lipinski definition) is 2. The minimum absolute atomic E-state index is 0.178. The van der Waals surface area contributed by atoms with Gasteiger partial charge in [0, 0.05) is 12.5 Å². The van der Waals surface area contributed by atoms with Crippen LogP contribution in [0.2, 0.25) is 0 Å². The van der Waals surface area contributed by atoms with Gasteiger partial charge in [0.15, 0.2) is 0 Å². The van der Waals surface area contributed by atoms with E-state index < -0.39 is 0 Å². The van der Waals surface area contributed by atoms with Crippen LogP contribution in [-0.4, -0.2) is 18.5 Å². The average molecular weight is 226 g/mol. The van der Waals surface area contributed by atoms with E-state index in [2.05, 4.69) is 12.2 Å². The lowest BCUT2D eigenvalue weighted by atomic mass is 10.0. The fourth-order valence-corrected chi connectivity index (χ4v) is 2.32. The average Bonchev–Trinajstić information content (AvgIpc) is 2.43. The summed E-state index contributed by atoms with van der Waals surface area (Å²) in [6.45, 7) is 4.92. The predicted molar refractivity (Wildman–Crippen MR) is 67.0 cm³/mol. The van der Waals surface area contributed by atoms with Gasteiger partial charge < -0.3 is 11.1 Å². The fourth-order valence-electron chi connectivity index (χ4n) is 2.32. The van der Waals surface area contributed by atoms with E-state index >= 15 is 0 Å². The third kappa shape index (κ3) is 4.97. The van der Waals surface area contributed by atoms with Gasteiger partial charge >= 0.3 is 0 Å². The Bertz CT molecular complexity index is 218. The fraction of sp³-hybridized carbons (Fsp3) is 0.923. The third-order valence-electron chi connectivity index (χ3n) is 3.56. The Morgan fingerprint density at radius 3 is 2.81 bits per heavy atom. The molecule has 0 spiro atoms. The Kier molecular flexibility index (Phi) is 5.81. The summed E-state index contributed by atoms with van der Waals surface area (Å²) >= 11 is 0. The number of nitrogens with one attached hydrogen (secondary N) is 1. The van der Waals surface area contributed by atoms with E-state index in [1.807, 2.05) is 6.92 Å². The summed E-state index contributed by atoms with van der Waals surface area (Å²) in [5.74, 6) is 1.30. The molecule has 1 aliphatic rings. The van der Waals surface area contributed by atoms with Gasteiger partial charge in [0.1, 0.15) is 0 Å². The Labute approximate surface area is 99.2 Å². The molecule has 0 aromatic rings. The first-order chi connectivity index (χ1) is 7.61. The minimum Gasteiger partial charge on any atom is -0.353 e. The molecule has 0 radical (unpaired) electrons. The maximum atomic E-state index is 11.7. The Morgan fingerprint density at radius 1 is 1.38 bits per heavy atom. The van der Waals surface area contributed by atoms with Crippen molar-refractivity contribution in [3.63, 3.8) is 0 Å². The van der Waals surface area contributed by atoms with Crippen molar-refractivity contribution in [3.05, 3.63) is 0 Å². The van der Waals surface area contributed by atoms with Crippen LogP contribution in [0.5, 0.6) is 0 Å². The van der Waals surface area contributed by atoms with Crippen LogP contribution < -0.4 is 11.1 Å². The predicted octanol–water partition coefficient (Wildman–Crippen LogP) is 2.06. The van der Waals surface area contributed by atoms with Crippen LogP contribution in [0, 0.1) is 11.8 Å². The van der Waals surface area contributed by atoms with Crippen LogP contribution in [0.25, 0.3) is 0 Å². The first-order valence-electron chi connectivity index (χ1n) is 6.61. The first-order valence-corrected chi connectivity index (χ1v) is 6.61. The zero-order valence-electron chi connectivity index (χ0n) is 10.7. The molecule has 1 fully saturated rings. The molecule has 3 N–H and O–H groups in total. The summed E-state index contributed by atoms with van der Waals surface area (Å²) < 4.78 is 0. The Morgan fingerprint density at radius 2 is 2.12 bits per heavy atom. The zero-order valence-corrected chi connectivity index (χ0v) is 10.7. The second kappa shape index (κ2) is 6.89. The number of rotatable bonds is 4. The highest BCUT2D eigenvalue weighted by molar-refractivity contribution is 5.76. The minimum atomic E-state index is 0.178. The number of amides is 1. The maximum Gasteiger partial charge on any atom is 0.220 e. The molecule has 3 unspecified atom stereocenters. The van der Waals surface area contributed by atoms with Crippen molar-refractivity contribution < 1.29 is 4.79 Å². The molecule has 0 aliphatic heterocycles. The number of carbonyl (C=O) groups excluding carboxylic acids is 1. The highest BCUT2D eigenvalue weighted by Crippen LogP contribution is 2.22. The van der Waals surface area contributed by atoms with Crippen molar-refractivity contribution in [2.24, 2.45) is 17.6 Å². The van der Waals surface area contributed by atoms with Gasteiger partial charge in [-0.15, -0.1) is 0 Å². The van der Waals surface area contributed by atoms with E-state index in [0.29, 0.717) is 24.9 Å². The molecule has 3 nitrogen and oxygen atoms in total. The summed E-state index contributed by atoms with van der Waals surface area (Å²) in [6.07, 6.45) is 6.67. The van der Waals surface area contributed by atoms with Gasteiger partial charge in [-0.3, -0.25) is 4.79 Å². The Balaban J connectivity index is 2.27. The molecule has 0 saturated heterocycles. The molecule has 0 aromatic carbocycles. The van der Waals surface area contributed by atoms with Crippen LogP contribution in [-0.2, 0) is 4.79 Å². The normalized spacial score (nSPS) is 28.2. The molecule has 94 valence electrons. The van der Waals surface area contributed by atoms with E-state index in [1.54, 1.807) is 0 Å². The number of carbonyl (C=O) groups is 1. The van der Waals surface area contributed by atoms with Crippen LogP contribution in [0.1, 0.15) is 52.4 Å². The van der Waals surface area contributed by atoms with Crippen molar-refractivity contribution in [3.8, 4) is 0 Å². The molecule has 0 bridgehead atoms. The second-order valence-electron chi connectivity index (χ2n) is 5.42. The summed E-state index contributed by atoms with van der Waals surface area (Å²) in [5.41, 5.74) is 5.52. The van der Waals surface area contributed by atoms with Gasteiger partial charge in [-0.25, -0.2) is 0 Å². The third-order valence-corrected chi connectivity index (χ3v) is 3.56. The lowest BCUT2D eigenvalue weighted by Gasteiger charge is -2.17. The first kappa shape index (κ1) is 13.5. The van der Waals surface area contributed by atoms with Crippen LogP contribution >= 0.6 is 0 Å². The van der Waals surface area contributed by atoms with Gasteiger partial charge in [0.05, 0.1) is 0 Å². The van der Waals surface area contributed by atoms with Crippen molar-refractivity contribution in [1.82, 2.24) is 5.32 Å². The highest BCUT2D eigenvalue weighted by Gasteiger charge is 2.18. The lowest BCUT2D eigenvalue weighted by molar-refractivity contribution is -0.122. The van der Waals surface area contributed by atoms with Crippen LogP contribution in [0.15, 0.2) is 0 Å². The molecule has 3 atom stereocenters. The number of hydrogen-bond acceptors (Lipinski definition) is 2. The second-order valence-corrected chi connectivity index (χ2v) is 5.42. The molecule has 1 amide bonds. The van der Waals surface area contributed by atoms with Crippen molar-refractivity contribution in [2.45, 2.75) is 58.4 Å². The van der Waals surface area contributed by atoms with Crippen molar-refractivity contribution in [1.29, 1.82) is 0 Å². The topological polar surface area (TPSA) is 55.1 Å². The zero-order chi connectivity index (χ0) is 12.0. The van der Waals surface area contributed by atoms with E-state index in [1.165, 1.54) is 19.3 Å². The molecule has 0 aromatic heterocycles. The largest absolute Gasteiger partial charge is 0.353 e. The van der Waals surface area contributed by atoms with Gasteiger partial charge in [-0.05, 0) is 37.6 Å². The molecule has 1 rings (SSSR count). The summed E-state index contributed by atoms with van der Waals surface area (Å²) in [5, 5.41) is 3.15. The standard InChI is InChI=1S/C13H26N2O/c1-10-4-3-5-12(7-6-10)15-13(16)8-11(2)9-14/h10-12H,3-9,14H2,1-2H3,(H,15,16). The smallest absolute Gasteiger partial charge is 0.220 e. The van der Waals surface area contributed by atoms with Crippen LogP contribution in [0.4, 0.5) is 0 Å². The maximum absolute atomic E-state index is 11.7. The van der Waals surface area contributed by atoms with E-state index in [0.717, 1.165) is 18.8 Å². The number of nitrogens with two attached hydrogens (primary N) is 1. The lowest BCUT2D eigenvalue weighted by Crippen LogP contribution is -2.35. The van der Waals surface area contributed by atoms with Crippen molar-refractivity contribution in [2.75, 3.05) is 6.54 Å². The van der Waals surface area contributed by atoms with Gasteiger partial charge in [0.2, 0.25) is 5.91 Å². The molecule has 3 heteroatoms. The van der Waals surface area contributed by atoms with Crippen molar-refractivity contribution >= 4 is 5.91 Å². The molecule has 0 heterocycles. The van der Waals surface area contributed by atoms with E-state index in [-0.39, 0.29) is 5.91 Å². The SMILES string of the molecule is CC1CCCC(NC(=O)CC(C)CN)CC1. The molecule has 1 saturated carbocycles. The van der Waals surface area contributed by atoms with E-state index in [4.69, 9.17) is 5.73 Å². The quantitative estimate of drug-likeness (QED) is 0.721. The molecular weight excluding hydrogens is 200 g/mol. The van der Waals surface area contributed by atoms with Crippen LogP contribution in [0.3, 0.4) is 0 Å². The monoisotopic (exact) mass is 226 g/mol. The van der Waals surface area contributed by atoms with Gasteiger partial charge in [0.25, 0.3) is 0 Å². The summed E-state index contributed by atoms with van der Waals surface area (Å²) in [7, 11) is 0. The molecular formula is C13H26N2O. The molecule has 1 aliphatic carbocycles. The van der Waals surface area contributed by atoms with Gasteiger partial charge in [-0.2, -0.15) is 0 Å². The summed E-state index contributed by atoms with van der Waals surface area (Å²) in [4.78, 5) is 11.7. The summed E-state index contributed by atoms with van der Waals surface area (Å²) in [6, 6.07) is 0.405.